The lowest BCUT2D eigenvalue weighted by Crippen LogP contribution is -2.15. The third kappa shape index (κ3) is 158. The van der Waals surface area contributed by atoms with E-state index in [0.717, 1.165) is 185 Å². The first-order valence-corrected chi connectivity index (χ1v) is 57.6. The smallest absolute Gasteiger partial charge is 0.330 e. The minimum Gasteiger partial charge on any atom is -0.480 e. The van der Waals surface area contributed by atoms with Gasteiger partial charge in [0.2, 0.25) is 0 Å². The molecule has 0 aliphatic carbocycles. The number of allylic oxidation sites excluding steroid dienone is 44. The summed E-state index contributed by atoms with van der Waals surface area (Å²) in [6.45, 7) is 68.9. The Morgan fingerprint density at radius 3 is 0.823 bits per heavy atom. The number of esters is 2. The van der Waals surface area contributed by atoms with Crippen LogP contribution in [0.3, 0.4) is 0 Å². The average molecular weight is 2110 g/mol. The van der Waals surface area contributed by atoms with Crippen molar-refractivity contribution in [2.75, 3.05) is 44.8 Å². The number of carbonyl (C=O) groups is 4. The van der Waals surface area contributed by atoms with Crippen LogP contribution in [-0.4, -0.2) is 84.3 Å². The van der Waals surface area contributed by atoms with Crippen molar-refractivity contribution in [1.82, 2.24) is 0 Å². The highest BCUT2D eigenvalue weighted by atomic mass is 35.5. The molecule has 0 heterocycles. The molecule has 0 aromatic heterocycles. The summed E-state index contributed by atoms with van der Waals surface area (Å²) >= 11 is 11.1. The van der Waals surface area contributed by atoms with Gasteiger partial charge in [0.25, 0.3) is 0 Å². The fraction of sp³-hybridized carbons (Fsp3) is 0.577. The van der Waals surface area contributed by atoms with Crippen LogP contribution in [-0.2, 0) is 33.2 Å². The number of halogens is 2. The number of ether oxygens (including phenoxy) is 2. The molecule has 0 aliphatic heterocycles. The maximum Gasteiger partial charge on any atom is 0.330 e. The third-order valence-electron chi connectivity index (χ3n) is 20.7. The molecule has 0 aliphatic rings. The van der Waals surface area contributed by atoms with Crippen LogP contribution in [0, 0.1) is 45.8 Å². The van der Waals surface area contributed by atoms with E-state index < -0.39 is 23.8 Å². The van der Waals surface area contributed by atoms with Crippen LogP contribution in [0.5, 0.6) is 0 Å². The van der Waals surface area contributed by atoms with Crippen molar-refractivity contribution in [1.29, 1.82) is 15.8 Å². The number of nitriles is 3. The maximum atomic E-state index is 11.4. The van der Waals surface area contributed by atoms with E-state index in [-0.39, 0.29) is 19.2 Å². The molecule has 0 fully saturated rings. The van der Waals surface area contributed by atoms with Crippen LogP contribution in [0.2, 0.25) is 0 Å². The zero-order valence-corrected chi connectivity index (χ0v) is 103. The lowest BCUT2D eigenvalue weighted by molar-refractivity contribution is -0.146. The zero-order chi connectivity index (χ0) is 114. The lowest BCUT2D eigenvalue weighted by atomic mass is 10.0. The predicted octanol–water partition coefficient (Wildman–Crippen LogP) is 40.6. The Bertz CT molecular complexity index is 4160. The monoisotopic (exact) mass is 2110 g/mol. The Kier molecular flexibility index (Phi) is 134. The number of carboxylic acid groups (broad SMARTS) is 1. The standard InChI is InChI=1S/C16H26O2.C15H23NO2.C14H23Cl.C14H26OP2.C14H24O.C13H19NO2.C12H19N.C12H20O.C10H17Cl.C10H18O/c1-5-18-16(17)13-8-6-7-11-15(4)12-9-10-14(2)3;1-5-18-15(17)14(11-16)10-9-13(4)8-6-7-12(2)3;1-13(2)9-8-11-14(3)10-6-4-5-7-12-15;1-13(2)9-8-11-14(3)10-6-4-5-7-12-15-17-16;1-13(2)9-8-11-14(3)10-6-4-5-7-12-15;1-10(2)5-4-6-11(3)7-8-12(9-14)13(15)16;2*1-11(2)7-6-9-12(3)8-4-5-10-13;2*1-9(2)5-4-6-10(3)7-8-11/h8,10-11,13H,5-7,9,12H2,1-4H3;7,9,14H,5-6,8,10H2,1-4H3;5,7,9-10H,4,6,8,11-12H2,1-3H3;5,7,9-10,17H,4,6,8,11-12,16H2,1-3H3;5,7,9-10,15H,4,6,8,11-12H2,1-3H3;5,7,12H,4,6,8H2,1-3H3,(H,15,16);7-8H,4-6,9H2,1-3H3;7-8,10H,4-6,9H2,1-3H3;5,7H,4,6,8H2,1-3H3;5,7,11H,4,6,8H2,1-3H3/b13-8+,15-11+;13-9+;3*7-5+,14-10+;11-7+;2*12-8+;2*10-7+. The zero-order valence-electron chi connectivity index (χ0n) is 99.3. The number of aliphatic hydroxyl groups is 2. The number of unbranched alkanes of at least 4 members (excludes halogenated alkanes) is 6. The van der Waals surface area contributed by atoms with E-state index in [9.17, 15) is 19.2 Å². The van der Waals surface area contributed by atoms with E-state index in [1.807, 2.05) is 63.3 Å². The van der Waals surface area contributed by atoms with Gasteiger partial charge in [-0.2, -0.15) is 15.8 Å². The minimum absolute atomic E-state index is 0.156. The largest absolute Gasteiger partial charge is 0.480 e. The summed E-state index contributed by atoms with van der Waals surface area (Å²) in [7, 11) is 3.09. The molecule has 147 heavy (non-hydrogen) atoms. The summed E-state index contributed by atoms with van der Waals surface area (Å²) in [6, 6.07) is 5.90. The fourth-order valence-corrected chi connectivity index (χ4v) is 12.9. The predicted molar refractivity (Wildman–Crippen MR) is 656 cm³/mol. The molecule has 4 unspecified atom stereocenters. The molecule has 0 rings (SSSR count). The molecule has 0 saturated carbocycles. The van der Waals surface area contributed by atoms with Crippen molar-refractivity contribution in [3.05, 3.63) is 282 Å². The molecular formula is C130H215Cl2N3O10P2. The Hall–Kier alpha value is -8.37. The Balaban J connectivity index is -0.000000178. The van der Waals surface area contributed by atoms with Gasteiger partial charge in [0, 0.05) is 39.2 Å². The molecule has 0 amide bonds. The first-order chi connectivity index (χ1) is 69.7. The summed E-state index contributed by atoms with van der Waals surface area (Å²) in [5.41, 5.74) is 27.4. The highest BCUT2D eigenvalue weighted by Gasteiger charge is 2.18. The number of rotatable bonds is 63. The highest BCUT2D eigenvalue weighted by Crippen LogP contribution is 2.22. The number of alkyl halides is 2. The number of aliphatic carboxylic acids is 1. The molecule has 13 nitrogen and oxygen atoms in total. The Morgan fingerprint density at radius 1 is 0.306 bits per heavy atom. The minimum atomic E-state index is -1.05. The van der Waals surface area contributed by atoms with Crippen LogP contribution < -0.4 is 0 Å². The summed E-state index contributed by atoms with van der Waals surface area (Å²) in [6.07, 6.45) is 94.7. The number of carbonyl (C=O) groups excluding carboxylic acids is 3. The number of aliphatic hydroxyl groups excluding tert-OH is 2. The molecule has 834 valence electrons. The lowest BCUT2D eigenvalue weighted by Gasteiger charge is -2.06. The SMILES string of the molecule is CC(C)=CCC/C(C)=C/CC(C#N)C(=O)O.CC(C)=CCC/C(C)=C/CC/C=C/CCl.CC(C)=CCC/C(C)=C/CC/C=C/CO.CC(C)=CCC/C(C)=C/CC/C=C/COPP.CC(C)=CCC/C(C)=C/CCC#N.CC(C)=CCC/C(C)=C/CCC=O.CC(C)=CCC/C(C)=C/CCl.CC(C)=CCC/C(C)=C/CO.CCOC(=O)/C=C/CC/C=C(\C)CCC=C(C)C.CCOC(=O)C(C#N)C/C=C(\C)CCC=C(C)C. The highest BCUT2D eigenvalue weighted by molar-refractivity contribution is 8.00. The van der Waals surface area contributed by atoms with E-state index >= 15 is 0 Å². The van der Waals surface area contributed by atoms with E-state index in [0.29, 0.717) is 59.2 Å². The van der Waals surface area contributed by atoms with Gasteiger partial charge in [-0.3, -0.25) is 9.59 Å². The first kappa shape index (κ1) is 159. The molecule has 17 heteroatoms. The maximum absolute atomic E-state index is 11.4. The van der Waals surface area contributed by atoms with Crippen LogP contribution in [0.15, 0.2) is 282 Å². The molecule has 0 spiro atoms. The van der Waals surface area contributed by atoms with E-state index in [1.54, 1.807) is 19.1 Å². The first-order valence-electron chi connectivity index (χ1n) is 53.8. The van der Waals surface area contributed by atoms with Crippen molar-refractivity contribution in [2.45, 2.75) is 440 Å². The fourth-order valence-electron chi connectivity index (χ4n) is 12.0. The van der Waals surface area contributed by atoms with Crippen LogP contribution in [0.4, 0.5) is 0 Å². The molecule has 4 atom stereocenters. The van der Waals surface area contributed by atoms with Crippen LogP contribution in [0.25, 0.3) is 0 Å². The molecule has 0 saturated heterocycles. The topological polar surface area (TPSA) is 228 Å². The molecule has 0 bridgehead atoms. The van der Waals surface area contributed by atoms with E-state index in [1.165, 1.54) is 138 Å². The number of hydrogen-bond donors (Lipinski definition) is 3. The molecular weight excluding hydrogens is 1900 g/mol. The average Bonchev–Trinajstić information content (AvgIpc) is 0.946. The summed E-state index contributed by atoms with van der Waals surface area (Å²) in [5, 5.41) is 51.6. The summed E-state index contributed by atoms with van der Waals surface area (Å²) in [4.78, 5) is 43.1. The number of carboxylic acids is 1. The van der Waals surface area contributed by atoms with Gasteiger partial charge in [-0.25, -0.2) is 4.79 Å². The quantitative estimate of drug-likeness (QED) is 0.00980. The Morgan fingerprint density at radius 2 is 0.571 bits per heavy atom. The van der Waals surface area contributed by atoms with Gasteiger partial charge >= 0.3 is 17.9 Å². The van der Waals surface area contributed by atoms with Crippen molar-refractivity contribution < 1.29 is 48.5 Å². The molecule has 3 N–H and O–H groups in total. The second-order valence-electron chi connectivity index (χ2n) is 39.1. The van der Waals surface area contributed by atoms with Gasteiger partial charge in [-0.1, -0.05) is 284 Å². The van der Waals surface area contributed by atoms with E-state index in [4.69, 9.17) is 68.3 Å². The molecule has 0 aromatic rings. The second kappa shape index (κ2) is 125. The molecule has 0 aromatic carbocycles. The van der Waals surface area contributed by atoms with E-state index in [2.05, 4.69) is 330 Å². The number of hydrogen-bond acceptors (Lipinski definition) is 12. The number of nitrogens with zero attached hydrogens (tertiary/aromatic N) is 3. The van der Waals surface area contributed by atoms with Gasteiger partial charge in [0.1, 0.15) is 18.1 Å². The van der Waals surface area contributed by atoms with Gasteiger partial charge in [0.05, 0.1) is 51.2 Å². The van der Waals surface area contributed by atoms with Crippen molar-refractivity contribution in [2.24, 2.45) is 11.8 Å². The third-order valence-corrected chi connectivity index (χ3v) is 21.9. The van der Waals surface area contributed by atoms with Crippen LogP contribution in [0.1, 0.15) is 440 Å². The summed E-state index contributed by atoms with van der Waals surface area (Å²) < 4.78 is 14.9. The normalized spacial score (nSPS) is 12.0. The van der Waals surface area contributed by atoms with Crippen molar-refractivity contribution in [3.8, 4) is 18.2 Å². The second-order valence-corrected chi connectivity index (χ2v) is 40.9. The number of aldehydes is 1. The van der Waals surface area contributed by atoms with Crippen LogP contribution >= 0.6 is 40.6 Å². The van der Waals surface area contributed by atoms with Crippen molar-refractivity contribution in [3.63, 3.8) is 0 Å². The Labute approximate surface area is 919 Å². The summed E-state index contributed by atoms with van der Waals surface area (Å²) in [5.74, 6) is -2.04. The van der Waals surface area contributed by atoms with Gasteiger partial charge < -0.3 is 34.1 Å². The van der Waals surface area contributed by atoms with Gasteiger partial charge in [-0.15, -0.1) is 23.2 Å². The molecule has 0 radical (unpaired) electrons. The van der Waals surface area contributed by atoms with Gasteiger partial charge in [0.15, 0.2) is 0 Å². The van der Waals surface area contributed by atoms with Gasteiger partial charge in [-0.05, 0) is 427 Å². The van der Waals surface area contributed by atoms with Crippen molar-refractivity contribution >= 4 is 64.8 Å².